The molecule has 7 amide bonds. The average molecular weight is 1450 g/mol. The molecular weight excluding hydrogens is 1360 g/mol. The summed E-state index contributed by atoms with van der Waals surface area (Å²) in [5, 5.41) is 26.8. The molecule has 4 aliphatic heterocycles. The molecule has 6 fully saturated rings. The van der Waals surface area contributed by atoms with Gasteiger partial charge in [-0.05, 0) is 157 Å². The number of ether oxygens (including phenoxy) is 4. The van der Waals surface area contributed by atoms with Crippen molar-refractivity contribution in [1.29, 1.82) is 0 Å². The number of amides is 7. The van der Waals surface area contributed by atoms with Crippen molar-refractivity contribution in [1.82, 2.24) is 45.8 Å². The van der Waals surface area contributed by atoms with Gasteiger partial charge in [-0.25, -0.2) is 46.3 Å². The summed E-state index contributed by atoms with van der Waals surface area (Å²) in [6.07, 6.45) is 14.9. The number of para-hydroxylation sites is 2. The normalized spacial score (nSPS) is 29.0. The molecule has 6 heterocycles. The zero-order valence-electron chi connectivity index (χ0n) is 57.2. The highest BCUT2D eigenvalue weighted by Gasteiger charge is 2.64. The van der Waals surface area contributed by atoms with Gasteiger partial charge in [0, 0.05) is 24.7 Å². The minimum absolute atomic E-state index is 0.0363. The monoisotopic (exact) mass is 1450 g/mol. The Balaban J connectivity index is 0.000000194. The number of nitrogens with zero attached hydrogens (tertiary/aromatic N) is 4. The minimum Gasteiger partial charge on any atom is -0.479 e. The molecule has 540 valence electrons. The maximum atomic E-state index is 14.3. The fraction of sp³-hybridized carbons (Fsp3) is 0.618. The van der Waals surface area contributed by atoms with Gasteiger partial charge in [0.05, 0.1) is 43.0 Å². The number of carboxylic acid groups (broad SMARTS) is 1. The Morgan fingerprint density at radius 3 is 1.42 bits per heavy atom. The molecule has 2 aromatic carbocycles. The van der Waals surface area contributed by atoms with E-state index in [1.807, 2.05) is 72.8 Å². The number of carbonyl (C=O) groups excluding carboxylic acids is 7. The standard InChI is InChI=1S/C34H45N5O8S2.C30H38N4O7S.C4H9NO2S/c1-32(2,3)47-30(43)35-24-14-9-7-5-6-8-12-21-19-34(21,29(42)38-49(44,45)33(4)16-17-33)37-27(40)25-18-22(20-39(25)28(24)41)46-31-36-23-13-10-11-15-26(23)48-31;1-29(2,3)41-27(39)31-21-13-8-6-4-5-7-11-18-16-30(18,26(37)38)33-24(35)22-15-19(17-34(22)25(21)36)40-28-32-20-12-9-10-14-23(20)42-28;1-4(2-3-4)8(5,6)7/h8,10-13,15,21-22,24-25H,5-7,9,14,16-20H2,1-4H3,(H,35,43)(H,37,40)(H,38,42);7,9-12,14,18-19,21-22H,4-6,8,13,15-17H2,1-3H3,(H,31,39)(H,33,35)(H,37,38);2-3H2,1H3,(H2,5,6,7)/b12-8-;11-7-;/t21-,22-,24+,25+,34-;18-,19-,21+,22+,30-;/m11./s1. The number of rotatable bonds is 11. The fourth-order valence-electron chi connectivity index (χ4n) is 12.5. The molecule has 31 heteroatoms. The number of nitrogens with two attached hydrogens (primary N) is 1. The van der Waals surface area contributed by atoms with E-state index < -0.39 is 142 Å². The summed E-state index contributed by atoms with van der Waals surface area (Å²) >= 11 is 2.73. The van der Waals surface area contributed by atoms with E-state index in [1.165, 1.54) is 32.5 Å². The van der Waals surface area contributed by atoms with Gasteiger partial charge in [0.1, 0.15) is 58.7 Å². The Hall–Kier alpha value is -7.48. The molecule has 4 aromatic rings. The van der Waals surface area contributed by atoms with Crippen molar-refractivity contribution in [3.05, 3.63) is 72.8 Å². The second-order valence-electron chi connectivity index (χ2n) is 29.6. The topological polar surface area (TPSA) is 380 Å². The van der Waals surface area contributed by atoms with Crippen LogP contribution in [0.3, 0.4) is 0 Å². The van der Waals surface area contributed by atoms with E-state index in [1.54, 1.807) is 55.4 Å². The second-order valence-corrected chi connectivity index (χ2v) is 35.9. The highest BCUT2D eigenvalue weighted by molar-refractivity contribution is 7.91. The van der Waals surface area contributed by atoms with Crippen LogP contribution in [0, 0.1) is 11.8 Å². The first-order valence-corrected chi connectivity index (χ1v) is 38.6. The van der Waals surface area contributed by atoms with Gasteiger partial charge in [0.15, 0.2) is 0 Å². The predicted molar refractivity (Wildman–Crippen MR) is 370 cm³/mol. The van der Waals surface area contributed by atoms with Crippen LogP contribution in [0.25, 0.3) is 20.4 Å². The van der Waals surface area contributed by atoms with E-state index in [-0.39, 0.29) is 38.3 Å². The van der Waals surface area contributed by atoms with E-state index in [0.29, 0.717) is 61.8 Å². The molecule has 2 aromatic heterocycles. The Morgan fingerprint density at radius 1 is 0.616 bits per heavy atom. The summed E-state index contributed by atoms with van der Waals surface area (Å²) in [6.45, 7) is 13.8. The maximum absolute atomic E-state index is 14.3. The first-order chi connectivity index (χ1) is 46.5. The minimum atomic E-state index is -3.96. The number of carbonyl (C=O) groups is 8. The lowest BCUT2D eigenvalue weighted by Gasteiger charge is -2.30. The molecule has 0 unspecified atom stereocenters. The number of primary sulfonamides is 1. The van der Waals surface area contributed by atoms with Crippen LogP contribution < -0.4 is 40.6 Å². The lowest BCUT2D eigenvalue weighted by atomic mass is 10.0. The van der Waals surface area contributed by atoms with E-state index in [9.17, 15) is 60.3 Å². The number of alkyl carbamates (subject to hydrolysis) is 2. The van der Waals surface area contributed by atoms with E-state index in [0.717, 1.165) is 65.4 Å². The Bertz CT molecular complexity index is 3960. The quantitative estimate of drug-likeness (QED) is 0.0705. The van der Waals surface area contributed by atoms with Gasteiger partial charge in [-0.15, -0.1) is 0 Å². The summed E-state index contributed by atoms with van der Waals surface area (Å²) in [4.78, 5) is 120. The maximum Gasteiger partial charge on any atom is 0.408 e. The molecule has 4 aliphatic carbocycles. The molecule has 99 heavy (non-hydrogen) atoms. The predicted octanol–water partition coefficient (Wildman–Crippen LogP) is 7.78. The van der Waals surface area contributed by atoms with Crippen LogP contribution in [-0.2, 0) is 58.3 Å². The molecule has 0 bridgehead atoms. The fourth-order valence-corrected chi connectivity index (χ4v) is 16.3. The molecule has 27 nitrogen and oxygen atoms in total. The lowest BCUT2D eigenvalue weighted by molar-refractivity contribution is -0.145. The second kappa shape index (κ2) is 29.2. The summed E-state index contributed by atoms with van der Waals surface area (Å²) in [6, 6.07) is 11.3. The summed E-state index contributed by atoms with van der Waals surface area (Å²) in [7, 11) is -7.19. The van der Waals surface area contributed by atoms with Crippen molar-refractivity contribution in [3.63, 3.8) is 0 Å². The number of hydrogen-bond donors (Lipinski definition) is 7. The van der Waals surface area contributed by atoms with E-state index in [2.05, 4.69) is 36.0 Å². The number of sulfonamides is 2. The molecule has 12 rings (SSSR count). The molecule has 10 atom stereocenters. The van der Waals surface area contributed by atoms with Crippen LogP contribution in [0.15, 0.2) is 72.8 Å². The van der Waals surface area contributed by atoms with Crippen LogP contribution in [0.5, 0.6) is 10.4 Å². The molecule has 0 radical (unpaired) electrons. The number of allylic oxidation sites excluding steroid dienone is 2. The number of nitrogens with one attached hydrogen (secondary N) is 5. The van der Waals surface area contributed by atoms with Crippen LogP contribution in [0.1, 0.15) is 171 Å². The van der Waals surface area contributed by atoms with Crippen molar-refractivity contribution in [3.8, 4) is 10.4 Å². The summed E-state index contributed by atoms with van der Waals surface area (Å²) in [5.41, 5.74) is -2.87. The third-order valence-corrected chi connectivity index (χ3v) is 25.0. The highest BCUT2D eigenvalue weighted by atomic mass is 32.2. The number of fused-ring (bicyclic) bond motifs is 6. The number of carboxylic acids is 1. The summed E-state index contributed by atoms with van der Waals surface area (Å²) < 4.78 is 73.0. The number of hydrogen-bond acceptors (Lipinski definition) is 20. The van der Waals surface area contributed by atoms with Crippen molar-refractivity contribution in [2.75, 3.05) is 13.1 Å². The third kappa shape index (κ3) is 18.2. The Labute approximate surface area is 585 Å². The van der Waals surface area contributed by atoms with E-state index >= 15 is 0 Å². The first-order valence-electron chi connectivity index (χ1n) is 33.9. The largest absolute Gasteiger partial charge is 0.479 e. The molecular formula is C68H92N10O17S4. The number of thiazole rings is 2. The lowest BCUT2D eigenvalue weighted by Crippen LogP contribution is -2.58. The highest BCUT2D eigenvalue weighted by Crippen LogP contribution is 2.49. The van der Waals surface area contributed by atoms with Crippen molar-refractivity contribution in [2.45, 2.75) is 239 Å². The molecule has 0 spiro atoms. The zero-order valence-corrected chi connectivity index (χ0v) is 60.4. The van der Waals surface area contributed by atoms with Crippen molar-refractivity contribution >= 4 is 111 Å². The van der Waals surface area contributed by atoms with Crippen LogP contribution >= 0.6 is 22.7 Å². The van der Waals surface area contributed by atoms with Crippen LogP contribution in [-0.4, -0.2) is 171 Å². The molecule has 8 N–H and O–H groups in total. The van der Waals surface area contributed by atoms with Gasteiger partial charge in [-0.2, -0.15) is 0 Å². The van der Waals surface area contributed by atoms with Gasteiger partial charge in [-0.1, -0.05) is 96.9 Å². The van der Waals surface area contributed by atoms with Crippen LogP contribution in [0.4, 0.5) is 9.59 Å². The van der Waals surface area contributed by atoms with Gasteiger partial charge in [0.25, 0.3) is 16.3 Å². The van der Waals surface area contributed by atoms with E-state index in [4.69, 9.17) is 24.1 Å². The van der Waals surface area contributed by atoms with Gasteiger partial charge in [-0.3, -0.25) is 28.7 Å². The number of benzene rings is 2. The number of aromatic nitrogens is 2. The Morgan fingerprint density at radius 2 is 1.03 bits per heavy atom. The van der Waals surface area contributed by atoms with Gasteiger partial charge in [0.2, 0.25) is 43.7 Å². The first kappa shape index (κ1) is 74.2. The van der Waals surface area contributed by atoms with Crippen molar-refractivity contribution in [2.24, 2.45) is 17.0 Å². The molecule has 8 aliphatic rings. The zero-order chi connectivity index (χ0) is 71.7. The van der Waals surface area contributed by atoms with Gasteiger partial charge >= 0.3 is 18.2 Å². The molecule has 4 saturated carbocycles. The molecule has 2 saturated heterocycles. The average Bonchev–Trinajstić information content (AvgIpc) is 1.58. The van der Waals surface area contributed by atoms with Crippen LogP contribution in [0.2, 0.25) is 0 Å². The SMILES string of the molecule is CC(C)(C)OC(=O)N[C@H]1CCCCC/C=C\[C@@H]2C[C@@]2(C(=O)NS(=O)(=O)C2(C)CC2)NC(=O)[C@@H]2C[C@@H](Oc3nc4ccccc4s3)CN2C1=O.CC(C)(C)OC(=O)N[C@H]1CCCCC/C=C\[C@@H]2C[C@@]2(C(=O)O)NC(=O)[C@@H]2C[C@@H](Oc3nc4ccccc4s3)CN2C1=O.CC1(S(N)(=O)=O)CC1. The third-order valence-electron chi connectivity index (χ3n) is 19.2. The van der Waals surface area contributed by atoms with Gasteiger partial charge < -0.3 is 55.1 Å². The summed E-state index contributed by atoms with van der Waals surface area (Å²) in [5.74, 6) is -4.66. The van der Waals surface area contributed by atoms with Crippen molar-refractivity contribution < 1.29 is 79.2 Å². The smallest absolute Gasteiger partial charge is 0.408 e. The number of aliphatic carboxylic acids is 1. The Kier molecular flexibility index (Phi) is 21.9.